The smallest absolute Gasteiger partial charge is 0.160 e. The Hall–Kier alpha value is -5.58. The van der Waals surface area contributed by atoms with E-state index in [0.717, 1.165) is 28.3 Å². The molecule has 8 aromatic rings. The number of nitrogens with zero attached hydrogens (tertiary/aromatic N) is 3. The van der Waals surface area contributed by atoms with Crippen molar-refractivity contribution in [3.8, 4) is 50.7 Å². The van der Waals surface area contributed by atoms with Gasteiger partial charge in [-0.05, 0) is 62.5 Å². The molecule has 0 spiro atoms. The van der Waals surface area contributed by atoms with Gasteiger partial charge in [-0.25, -0.2) is 9.97 Å². The van der Waals surface area contributed by atoms with E-state index in [1.165, 1.54) is 65.7 Å². The lowest BCUT2D eigenvalue weighted by Gasteiger charge is -2.23. The molecular formula is C45H35N3Si. The van der Waals surface area contributed by atoms with Crippen LogP contribution in [0.3, 0.4) is 0 Å². The Morgan fingerprint density at radius 2 is 1.22 bits per heavy atom. The second-order valence-electron chi connectivity index (χ2n) is 14.6. The summed E-state index contributed by atoms with van der Waals surface area (Å²) in [6.45, 7) is 9.72. The third-order valence-corrected chi connectivity index (χ3v) is 14.6. The monoisotopic (exact) mass is 645 g/mol. The number of hydrogen-bond donors (Lipinski definition) is 0. The van der Waals surface area contributed by atoms with Crippen LogP contribution < -0.4 is 10.4 Å². The Balaban J connectivity index is 1.22. The summed E-state index contributed by atoms with van der Waals surface area (Å²) in [6.07, 6.45) is 0. The third-order valence-electron chi connectivity index (χ3n) is 11.2. The van der Waals surface area contributed by atoms with Crippen LogP contribution in [0.4, 0.5) is 0 Å². The zero-order valence-corrected chi connectivity index (χ0v) is 29.1. The van der Waals surface area contributed by atoms with E-state index in [-0.39, 0.29) is 5.41 Å². The Morgan fingerprint density at radius 3 is 2.02 bits per heavy atom. The molecule has 0 N–H and O–H groups in total. The molecule has 0 fully saturated rings. The van der Waals surface area contributed by atoms with Crippen molar-refractivity contribution in [2.24, 2.45) is 0 Å². The highest BCUT2D eigenvalue weighted by Crippen LogP contribution is 2.53. The Labute approximate surface area is 287 Å². The van der Waals surface area contributed by atoms with E-state index < -0.39 is 8.07 Å². The van der Waals surface area contributed by atoms with Crippen LogP contribution in [0.2, 0.25) is 13.1 Å². The van der Waals surface area contributed by atoms with Crippen molar-refractivity contribution in [1.82, 2.24) is 14.5 Å². The Bertz CT molecular complexity index is 2650. The molecule has 3 heterocycles. The summed E-state index contributed by atoms with van der Waals surface area (Å²) in [4.78, 5) is 10.6. The minimum absolute atomic E-state index is 0.0994. The van der Waals surface area contributed by atoms with Crippen molar-refractivity contribution in [3.63, 3.8) is 0 Å². The number of benzene rings is 6. The van der Waals surface area contributed by atoms with Crippen LogP contribution in [0, 0.1) is 0 Å². The average molecular weight is 646 g/mol. The van der Waals surface area contributed by atoms with Gasteiger partial charge in [0.05, 0.1) is 22.4 Å². The summed E-state index contributed by atoms with van der Waals surface area (Å²) in [5, 5.41) is 5.40. The summed E-state index contributed by atoms with van der Waals surface area (Å²) in [7, 11) is -2.23. The fraction of sp³-hybridized carbons (Fsp3) is 0.111. The number of para-hydroxylation sites is 1. The van der Waals surface area contributed by atoms with Crippen LogP contribution in [0.1, 0.15) is 25.0 Å². The largest absolute Gasteiger partial charge is 0.309 e. The van der Waals surface area contributed by atoms with Gasteiger partial charge in [-0.1, -0.05) is 142 Å². The fourth-order valence-corrected chi connectivity index (χ4v) is 12.1. The van der Waals surface area contributed by atoms with Gasteiger partial charge in [-0.2, -0.15) is 0 Å². The van der Waals surface area contributed by atoms with E-state index in [1.807, 2.05) is 6.07 Å². The molecule has 3 nitrogen and oxygen atoms in total. The van der Waals surface area contributed by atoms with Crippen molar-refractivity contribution in [2.75, 3.05) is 0 Å². The van der Waals surface area contributed by atoms with E-state index in [4.69, 9.17) is 9.97 Å². The van der Waals surface area contributed by atoms with E-state index in [1.54, 1.807) is 0 Å². The van der Waals surface area contributed by atoms with E-state index >= 15 is 0 Å². The molecule has 0 saturated carbocycles. The molecule has 2 aliphatic rings. The molecular weight excluding hydrogens is 611 g/mol. The Morgan fingerprint density at radius 1 is 0.571 bits per heavy atom. The first-order valence-electron chi connectivity index (χ1n) is 17.2. The maximum absolute atomic E-state index is 5.33. The minimum Gasteiger partial charge on any atom is -0.309 e. The molecule has 1 aliphatic heterocycles. The Kier molecular flexibility index (Phi) is 5.79. The topological polar surface area (TPSA) is 30.7 Å². The van der Waals surface area contributed by atoms with Crippen LogP contribution in [0.15, 0.2) is 140 Å². The molecule has 0 saturated heterocycles. The predicted octanol–water partition coefficient (Wildman–Crippen LogP) is 10.0. The predicted molar refractivity (Wildman–Crippen MR) is 207 cm³/mol. The van der Waals surface area contributed by atoms with E-state index in [9.17, 15) is 0 Å². The summed E-state index contributed by atoms with van der Waals surface area (Å²) < 4.78 is 2.50. The molecule has 10 rings (SSSR count). The van der Waals surface area contributed by atoms with Crippen LogP contribution in [-0.2, 0) is 5.41 Å². The van der Waals surface area contributed by atoms with Gasteiger partial charge in [0.1, 0.15) is 8.07 Å². The van der Waals surface area contributed by atoms with Crippen molar-refractivity contribution < 1.29 is 0 Å². The molecule has 1 aliphatic carbocycles. The summed E-state index contributed by atoms with van der Waals surface area (Å²) >= 11 is 0. The lowest BCUT2D eigenvalue weighted by atomic mass is 9.80. The van der Waals surface area contributed by atoms with Gasteiger partial charge < -0.3 is 4.57 Å². The van der Waals surface area contributed by atoms with Crippen molar-refractivity contribution >= 4 is 40.3 Å². The van der Waals surface area contributed by atoms with Crippen LogP contribution in [-0.4, -0.2) is 22.6 Å². The molecule has 0 amide bonds. The molecule has 6 aromatic carbocycles. The molecule has 49 heavy (non-hydrogen) atoms. The standard InChI is InChI=1S/C45H35N3Si/c1-45(2)35-21-13-11-19-31(35)32-25-26-37-39(40(32)45)33-20-12-14-22-36(33)48(37)30-23-24-34-38(27-30)49(3,4)43-41(28-15-7-5-8-16-28)46-44(47-42(34)43)29-17-9-6-10-18-29/h5-27H,1-4H3. The van der Waals surface area contributed by atoms with E-state index in [0.29, 0.717) is 0 Å². The summed E-state index contributed by atoms with van der Waals surface area (Å²) in [6, 6.07) is 50.8. The SMILES string of the molecule is CC1(C)c2ccccc2-c2ccc3c(c21)c1ccccc1n3-c1ccc2c(c1)[Si](C)(C)c1c(-c3ccccc3)nc(-c3ccccc3)nc1-2. The number of aromatic nitrogens is 3. The van der Waals surface area contributed by atoms with Gasteiger partial charge in [0.2, 0.25) is 0 Å². The maximum Gasteiger partial charge on any atom is 0.160 e. The minimum atomic E-state index is -2.23. The van der Waals surface area contributed by atoms with Gasteiger partial charge in [-0.3, -0.25) is 0 Å². The highest BCUT2D eigenvalue weighted by Gasteiger charge is 2.43. The molecule has 234 valence electrons. The van der Waals surface area contributed by atoms with Crippen LogP contribution >= 0.6 is 0 Å². The van der Waals surface area contributed by atoms with Crippen molar-refractivity contribution in [3.05, 3.63) is 151 Å². The molecule has 0 unspecified atom stereocenters. The summed E-state index contributed by atoms with van der Waals surface area (Å²) in [5.74, 6) is 0.778. The second-order valence-corrected chi connectivity index (χ2v) is 18.9. The maximum atomic E-state index is 5.33. The molecule has 4 heteroatoms. The highest BCUT2D eigenvalue weighted by atomic mass is 28.3. The normalized spacial score (nSPS) is 14.9. The van der Waals surface area contributed by atoms with Gasteiger partial charge in [-0.15, -0.1) is 0 Å². The highest BCUT2D eigenvalue weighted by molar-refractivity contribution is 7.04. The van der Waals surface area contributed by atoms with Crippen LogP contribution in [0.25, 0.3) is 72.5 Å². The van der Waals surface area contributed by atoms with E-state index in [2.05, 4.69) is 165 Å². The molecule has 0 bridgehead atoms. The van der Waals surface area contributed by atoms with Crippen LogP contribution in [0.5, 0.6) is 0 Å². The van der Waals surface area contributed by atoms with Crippen molar-refractivity contribution in [1.29, 1.82) is 0 Å². The van der Waals surface area contributed by atoms with Crippen molar-refractivity contribution in [2.45, 2.75) is 32.4 Å². The summed E-state index contributed by atoms with van der Waals surface area (Å²) in [5.41, 5.74) is 14.7. The zero-order chi connectivity index (χ0) is 33.1. The first kappa shape index (κ1) is 28.4. The molecule has 0 atom stereocenters. The zero-order valence-electron chi connectivity index (χ0n) is 28.1. The lowest BCUT2D eigenvalue weighted by molar-refractivity contribution is 0.666. The molecule has 0 radical (unpaired) electrons. The quantitative estimate of drug-likeness (QED) is 0.179. The number of rotatable bonds is 3. The van der Waals surface area contributed by atoms with Gasteiger partial charge in [0.15, 0.2) is 5.82 Å². The fourth-order valence-electron chi connectivity index (χ4n) is 8.91. The lowest BCUT2D eigenvalue weighted by Crippen LogP contribution is -2.50. The van der Waals surface area contributed by atoms with Gasteiger partial charge in [0, 0.05) is 33.0 Å². The second kappa shape index (κ2) is 9.97. The molecule has 2 aromatic heterocycles. The number of fused-ring (bicyclic) bond motifs is 10. The average Bonchev–Trinajstić information content (AvgIpc) is 3.68. The first-order valence-corrected chi connectivity index (χ1v) is 20.2. The third kappa shape index (κ3) is 3.83. The first-order chi connectivity index (χ1) is 23.8. The van der Waals surface area contributed by atoms with Gasteiger partial charge >= 0.3 is 0 Å². The van der Waals surface area contributed by atoms with Gasteiger partial charge in [0.25, 0.3) is 0 Å². The number of hydrogen-bond acceptors (Lipinski definition) is 2.